The number of rotatable bonds is 2. The summed E-state index contributed by atoms with van der Waals surface area (Å²) in [7, 11) is 0. The molecule has 0 aromatic carbocycles. The average molecular weight is 282 g/mol. The van der Waals surface area contributed by atoms with Gasteiger partial charge in [0.15, 0.2) is 0 Å². The fraction of sp³-hybridized carbons (Fsp3) is 0.667. The third-order valence-corrected chi connectivity index (χ3v) is 3.42. The first-order chi connectivity index (χ1) is 7.66. The monoisotopic (exact) mass is 280 g/mol. The molecule has 7 heteroatoms. The van der Waals surface area contributed by atoms with Gasteiger partial charge in [-0.3, -0.25) is 0 Å². The number of hydrogen-bond acceptors (Lipinski definition) is 4. The van der Waals surface area contributed by atoms with Crippen LogP contribution >= 0.6 is 35.0 Å². The minimum absolute atomic E-state index is 0.0662. The summed E-state index contributed by atoms with van der Waals surface area (Å²) in [5.74, 6) is 0.332. The zero-order valence-electron chi connectivity index (χ0n) is 8.54. The predicted octanol–water partition coefficient (Wildman–Crippen LogP) is 3.47. The van der Waals surface area contributed by atoms with Crippen LogP contribution in [0.25, 0.3) is 0 Å². The summed E-state index contributed by atoms with van der Waals surface area (Å²) in [5, 5.41) is 0.132. The van der Waals surface area contributed by atoms with Crippen molar-refractivity contribution in [3.8, 4) is 0 Å². The summed E-state index contributed by atoms with van der Waals surface area (Å²) in [4.78, 5) is 11.6. The molecule has 1 heterocycles. The summed E-state index contributed by atoms with van der Waals surface area (Å²) < 4.78 is 1.53. The topological polar surface area (TPSA) is 41.9 Å². The van der Waals surface area contributed by atoms with Crippen LogP contribution < -0.4 is 4.42 Å². The largest absolute Gasteiger partial charge is 0.250 e. The highest BCUT2D eigenvalue weighted by atomic mass is 35.5. The summed E-state index contributed by atoms with van der Waals surface area (Å²) in [6.07, 6.45) is 5.72. The molecule has 0 aliphatic heterocycles. The lowest BCUT2D eigenvalue weighted by Gasteiger charge is -2.28. The van der Waals surface area contributed by atoms with E-state index in [1.54, 1.807) is 0 Å². The van der Waals surface area contributed by atoms with Gasteiger partial charge in [0.25, 0.3) is 0 Å². The van der Waals surface area contributed by atoms with Crippen LogP contribution in [-0.2, 0) is 0 Å². The Balaban J connectivity index is 2.15. The molecular weight excluding hydrogens is 270 g/mol. The minimum atomic E-state index is 0.0662. The molecule has 0 saturated heterocycles. The van der Waals surface area contributed by atoms with E-state index in [1.165, 1.54) is 23.7 Å². The molecule has 1 aliphatic rings. The van der Waals surface area contributed by atoms with Crippen molar-refractivity contribution in [3.63, 3.8) is 0 Å². The van der Waals surface area contributed by atoms with Crippen LogP contribution in [0.4, 0.5) is 5.95 Å². The van der Waals surface area contributed by atoms with E-state index in [-0.39, 0.29) is 16.6 Å². The fourth-order valence-electron chi connectivity index (χ4n) is 1.88. The molecule has 1 saturated carbocycles. The fourth-order valence-corrected chi connectivity index (χ4v) is 2.51. The summed E-state index contributed by atoms with van der Waals surface area (Å²) in [6, 6.07) is 0.255. The number of hydrogen-bond donors (Lipinski definition) is 0. The van der Waals surface area contributed by atoms with E-state index in [4.69, 9.17) is 35.0 Å². The van der Waals surface area contributed by atoms with Crippen molar-refractivity contribution in [2.45, 2.75) is 38.1 Å². The molecule has 0 radical (unpaired) electrons. The van der Waals surface area contributed by atoms with Crippen LogP contribution in [-0.4, -0.2) is 21.0 Å². The Labute approximate surface area is 109 Å². The van der Waals surface area contributed by atoms with E-state index < -0.39 is 0 Å². The Morgan fingerprint density at radius 1 is 0.938 bits per heavy atom. The van der Waals surface area contributed by atoms with Crippen LogP contribution in [0, 0.1) is 0 Å². The third-order valence-electron chi connectivity index (χ3n) is 2.66. The lowest BCUT2D eigenvalue weighted by Crippen LogP contribution is -2.30. The Bertz CT molecular complexity index is 348. The Morgan fingerprint density at radius 2 is 1.50 bits per heavy atom. The van der Waals surface area contributed by atoms with Gasteiger partial charge in [-0.1, -0.05) is 19.3 Å². The molecule has 1 aromatic heterocycles. The minimum Gasteiger partial charge on any atom is -0.250 e. The molecule has 16 heavy (non-hydrogen) atoms. The quantitative estimate of drug-likeness (QED) is 0.778. The highest BCUT2D eigenvalue weighted by Crippen LogP contribution is 2.27. The summed E-state index contributed by atoms with van der Waals surface area (Å²) in [6.45, 7) is 0. The molecule has 0 atom stereocenters. The lowest BCUT2D eigenvalue weighted by atomic mass is 9.96. The van der Waals surface area contributed by atoms with Crippen molar-refractivity contribution < 1.29 is 0 Å². The maximum Gasteiger partial charge on any atom is 0.246 e. The van der Waals surface area contributed by atoms with Crippen molar-refractivity contribution in [2.75, 3.05) is 4.42 Å². The predicted molar refractivity (Wildman–Crippen MR) is 65.1 cm³/mol. The zero-order chi connectivity index (χ0) is 11.5. The van der Waals surface area contributed by atoms with E-state index in [9.17, 15) is 0 Å². The van der Waals surface area contributed by atoms with Gasteiger partial charge in [0, 0.05) is 17.8 Å². The number of anilines is 1. The maximum absolute atomic E-state index is 6.19. The van der Waals surface area contributed by atoms with Crippen LogP contribution in [0.5, 0.6) is 0 Å². The second-order valence-electron chi connectivity index (χ2n) is 3.78. The SMILES string of the molecule is Clc1nc(Cl)nc(N(Cl)C2CCCCC2)n1. The molecule has 0 amide bonds. The molecule has 1 aromatic rings. The molecule has 4 nitrogen and oxygen atoms in total. The van der Waals surface area contributed by atoms with Crippen LogP contribution in [0.3, 0.4) is 0 Å². The van der Waals surface area contributed by atoms with Crippen molar-refractivity contribution >= 4 is 40.9 Å². The second kappa shape index (κ2) is 5.34. The van der Waals surface area contributed by atoms with Crippen molar-refractivity contribution in [1.82, 2.24) is 15.0 Å². The van der Waals surface area contributed by atoms with Gasteiger partial charge in [0.05, 0.1) is 0 Å². The number of aromatic nitrogens is 3. The summed E-state index contributed by atoms with van der Waals surface area (Å²) in [5.41, 5.74) is 0. The van der Waals surface area contributed by atoms with Crippen molar-refractivity contribution in [3.05, 3.63) is 10.6 Å². The highest BCUT2D eigenvalue weighted by molar-refractivity contribution is 6.31. The smallest absolute Gasteiger partial charge is 0.246 e. The van der Waals surface area contributed by atoms with Gasteiger partial charge in [-0.05, 0) is 36.0 Å². The van der Waals surface area contributed by atoms with Crippen LogP contribution in [0.1, 0.15) is 32.1 Å². The van der Waals surface area contributed by atoms with Gasteiger partial charge in [-0.2, -0.15) is 15.0 Å². The lowest BCUT2D eigenvalue weighted by molar-refractivity contribution is 0.442. The average Bonchev–Trinajstić information content (AvgIpc) is 2.28. The van der Waals surface area contributed by atoms with E-state index in [1.807, 2.05) is 0 Å². The molecule has 0 bridgehead atoms. The first-order valence-electron chi connectivity index (χ1n) is 5.19. The standard InChI is InChI=1S/C9H11Cl3N4/c10-7-13-8(11)15-9(14-7)16(12)6-4-2-1-3-5-6/h6H,1-5H2. The van der Waals surface area contributed by atoms with E-state index >= 15 is 0 Å². The van der Waals surface area contributed by atoms with Gasteiger partial charge in [-0.25, -0.2) is 4.42 Å². The molecule has 1 fully saturated rings. The van der Waals surface area contributed by atoms with Gasteiger partial charge in [0.1, 0.15) is 0 Å². The normalized spacial score (nSPS) is 17.4. The third kappa shape index (κ3) is 2.87. The molecular formula is C9H11Cl3N4. The Morgan fingerprint density at radius 3 is 2.06 bits per heavy atom. The Hall–Kier alpha value is -0.320. The molecule has 0 spiro atoms. The first-order valence-corrected chi connectivity index (χ1v) is 6.28. The number of halogens is 3. The van der Waals surface area contributed by atoms with Crippen molar-refractivity contribution in [1.29, 1.82) is 0 Å². The van der Waals surface area contributed by atoms with Gasteiger partial charge in [0.2, 0.25) is 16.5 Å². The van der Waals surface area contributed by atoms with Crippen LogP contribution in [0.2, 0.25) is 10.6 Å². The molecule has 2 rings (SSSR count). The molecule has 0 N–H and O–H groups in total. The zero-order valence-corrected chi connectivity index (χ0v) is 10.8. The summed E-state index contributed by atoms with van der Waals surface area (Å²) >= 11 is 17.6. The Kier molecular flexibility index (Phi) is 4.05. The van der Waals surface area contributed by atoms with Gasteiger partial charge < -0.3 is 0 Å². The van der Waals surface area contributed by atoms with Gasteiger partial charge >= 0.3 is 0 Å². The second-order valence-corrected chi connectivity index (χ2v) is 4.82. The molecule has 0 unspecified atom stereocenters. The van der Waals surface area contributed by atoms with E-state index in [0.29, 0.717) is 5.95 Å². The van der Waals surface area contributed by atoms with E-state index in [0.717, 1.165) is 12.8 Å². The first kappa shape index (κ1) is 12.1. The van der Waals surface area contributed by atoms with Crippen LogP contribution in [0.15, 0.2) is 0 Å². The molecule has 1 aliphatic carbocycles. The highest BCUT2D eigenvalue weighted by Gasteiger charge is 2.22. The van der Waals surface area contributed by atoms with E-state index in [2.05, 4.69) is 15.0 Å². The maximum atomic E-state index is 6.19. The van der Waals surface area contributed by atoms with Gasteiger partial charge in [-0.15, -0.1) is 0 Å². The van der Waals surface area contributed by atoms with Crippen molar-refractivity contribution in [2.24, 2.45) is 0 Å². The molecule has 88 valence electrons. The number of nitrogens with zero attached hydrogens (tertiary/aromatic N) is 4.